The number of hydrogen-bond donors (Lipinski definition) is 2. The highest BCUT2D eigenvalue weighted by molar-refractivity contribution is 7.09. The van der Waals surface area contributed by atoms with Crippen LogP contribution < -0.4 is 5.32 Å². The van der Waals surface area contributed by atoms with Crippen molar-refractivity contribution in [2.75, 3.05) is 6.54 Å². The Balaban J connectivity index is 1.57. The highest BCUT2D eigenvalue weighted by atomic mass is 32.1. The number of carbonyl (C=O) groups excluding carboxylic acids is 2. The average Bonchev–Trinajstić information content (AvgIpc) is 3.56. The van der Waals surface area contributed by atoms with Crippen molar-refractivity contribution in [2.45, 2.75) is 37.5 Å². The summed E-state index contributed by atoms with van der Waals surface area (Å²) >= 11 is 1.35. The van der Waals surface area contributed by atoms with Crippen molar-refractivity contribution in [2.24, 2.45) is 11.8 Å². The molecule has 2 fully saturated rings. The summed E-state index contributed by atoms with van der Waals surface area (Å²) in [5.41, 5.74) is -0.589. The monoisotopic (exact) mass is 588 g/mol. The van der Waals surface area contributed by atoms with E-state index in [1.54, 1.807) is 12.4 Å². The lowest BCUT2D eigenvalue weighted by molar-refractivity contribution is -0.384. The molecule has 2 saturated heterocycles. The maximum atomic E-state index is 13.8. The molecule has 3 heterocycles. The number of nitrogens with one attached hydrogen (secondary N) is 1. The molecule has 2 aliphatic rings. The van der Waals surface area contributed by atoms with Crippen molar-refractivity contribution in [1.29, 1.82) is 0 Å². The Kier molecular flexibility index (Phi) is 7.15. The number of imide groups is 1. The molecule has 0 aliphatic carbocycles. The molecule has 5 rings (SSSR count). The second kappa shape index (κ2) is 10.3. The number of halogens is 3. The van der Waals surface area contributed by atoms with Crippen LogP contribution in [0.5, 0.6) is 0 Å². The Hall–Kier alpha value is -4.17. The number of thiazole rings is 1. The Morgan fingerprint density at radius 2 is 1.90 bits per heavy atom. The molecule has 2 N–H and O–H groups in total. The molecule has 4 atom stereocenters. The topological polar surface area (TPSA) is 143 Å². The fourth-order valence-electron chi connectivity index (χ4n) is 5.75. The van der Waals surface area contributed by atoms with Gasteiger partial charge >= 0.3 is 12.1 Å². The van der Waals surface area contributed by atoms with Crippen molar-refractivity contribution >= 4 is 34.8 Å². The zero-order valence-corrected chi connectivity index (χ0v) is 22.2. The van der Waals surface area contributed by atoms with Crippen molar-refractivity contribution < 1.29 is 37.6 Å². The van der Waals surface area contributed by atoms with Gasteiger partial charge in [0, 0.05) is 42.4 Å². The molecule has 4 unspecified atom stereocenters. The zero-order chi connectivity index (χ0) is 29.7. The lowest BCUT2D eigenvalue weighted by Gasteiger charge is -2.31. The van der Waals surface area contributed by atoms with Crippen LogP contribution in [-0.4, -0.2) is 49.8 Å². The number of fused-ring (bicyclic) bond motifs is 1. The minimum Gasteiger partial charge on any atom is -0.480 e. The molecule has 0 saturated carbocycles. The number of hydrogen-bond acceptors (Lipinski definition) is 8. The van der Waals surface area contributed by atoms with Gasteiger partial charge in [-0.2, -0.15) is 13.2 Å². The SMILES string of the molecule is Cc1ncsc1CCN1C(=O)C2C(c3cccc(C(F)(F)F)c3)NC(Cc3ccc([N+](=O)[O-])cc3)(C(=O)O)C2C1=O. The number of nitrogens with zero attached hydrogens (tertiary/aromatic N) is 3. The largest absolute Gasteiger partial charge is 0.480 e. The van der Waals surface area contributed by atoms with Gasteiger partial charge in [-0.15, -0.1) is 11.3 Å². The summed E-state index contributed by atoms with van der Waals surface area (Å²) in [7, 11) is 0. The maximum Gasteiger partial charge on any atom is 0.416 e. The van der Waals surface area contributed by atoms with Crippen LogP contribution in [0.15, 0.2) is 54.0 Å². The van der Waals surface area contributed by atoms with E-state index < -0.39 is 57.9 Å². The molecule has 10 nitrogen and oxygen atoms in total. The Bertz CT molecular complexity index is 1540. The summed E-state index contributed by atoms with van der Waals surface area (Å²) in [6, 6.07) is 8.09. The number of amides is 2. The standard InChI is InChI=1S/C27H23F3N4O6S/c1-14-19(41-13-31-14)9-10-33-23(35)20-21(24(33)36)26(25(37)38,12-15-5-7-18(8-6-15)34(39)40)32-22(20)16-3-2-4-17(11-16)27(28,29)30/h2-8,11,13,20-22,32H,9-10,12H2,1H3,(H,37,38). The molecule has 2 aliphatic heterocycles. The highest BCUT2D eigenvalue weighted by Crippen LogP contribution is 2.50. The van der Waals surface area contributed by atoms with Crippen LogP contribution in [-0.2, 0) is 33.4 Å². The normalized spacial score (nSPS) is 24.1. The minimum absolute atomic E-state index is 0.0166. The average molecular weight is 589 g/mol. The van der Waals surface area contributed by atoms with E-state index in [-0.39, 0.29) is 30.6 Å². The molecule has 0 spiro atoms. The number of likely N-dealkylation sites (tertiary alicyclic amines) is 1. The highest BCUT2D eigenvalue weighted by Gasteiger charge is 2.68. The number of non-ortho nitro benzene ring substituents is 1. The van der Waals surface area contributed by atoms with Gasteiger partial charge in [-0.1, -0.05) is 24.3 Å². The summed E-state index contributed by atoms with van der Waals surface area (Å²) in [6.45, 7) is 1.73. The van der Waals surface area contributed by atoms with Crippen LogP contribution in [0.2, 0.25) is 0 Å². The van der Waals surface area contributed by atoms with E-state index in [2.05, 4.69) is 10.3 Å². The Morgan fingerprint density at radius 3 is 2.49 bits per heavy atom. The van der Waals surface area contributed by atoms with Crippen LogP contribution in [0.25, 0.3) is 0 Å². The number of nitro benzene ring substituents is 1. The van der Waals surface area contributed by atoms with Gasteiger partial charge < -0.3 is 5.11 Å². The molecule has 2 amide bonds. The Morgan fingerprint density at radius 1 is 1.20 bits per heavy atom. The van der Waals surface area contributed by atoms with Crippen LogP contribution in [0.3, 0.4) is 0 Å². The second-order valence-electron chi connectivity index (χ2n) is 10.1. The van der Waals surface area contributed by atoms with E-state index in [1.807, 2.05) is 0 Å². The molecule has 2 aromatic carbocycles. The van der Waals surface area contributed by atoms with E-state index >= 15 is 0 Å². The molecule has 41 heavy (non-hydrogen) atoms. The van der Waals surface area contributed by atoms with Crippen LogP contribution in [0, 0.1) is 28.9 Å². The van der Waals surface area contributed by atoms with Gasteiger partial charge in [-0.25, -0.2) is 4.98 Å². The fourth-order valence-corrected chi connectivity index (χ4v) is 6.52. The summed E-state index contributed by atoms with van der Waals surface area (Å²) in [6.07, 6.45) is -4.75. The van der Waals surface area contributed by atoms with Crippen molar-refractivity contribution in [3.8, 4) is 0 Å². The van der Waals surface area contributed by atoms with Crippen molar-refractivity contribution in [1.82, 2.24) is 15.2 Å². The van der Waals surface area contributed by atoms with Gasteiger partial charge in [0.1, 0.15) is 5.54 Å². The fraction of sp³-hybridized carbons (Fsp3) is 0.333. The van der Waals surface area contributed by atoms with Gasteiger partial charge in [0.05, 0.1) is 33.5 Å². The quantitative estimate of drug-likeness (QED) is 0.229. The molecule has 0 bridgehead atoms. The molecule has 0 radical (unpaired) electrons. The van der Waals surface area contributed by atoms with Crippen LogP contribution in [0.4, 0.5) is 18.9 Å². The number of nitro groups is 1. The lowest BCUT2D eigenvalue weighted by atomic mass is 9.76. The number of benzene rings is 2. The first-order valence-corrected chi connectivity index (χ1v) is 13.4. The molecule has 214 valence electrons. The molecule has 14 heteroatoms. The maximum absolute atomic E-state index is 13.8. The van der Waals surface area contributed by atoms with E-state index in [4.69, 9.17) is 0 Å². The third-order valence-electron chi connectivity index (χ3n) is 7.74. The third-order valence-corrected chi connectivity index (χ3v) is 8.73. The van der Waals surface area contributed by atoms with Gasteiger partial charge in [0.2, 0.25) is 11.8 Å². The Labute approximate surface area is 235 Å². The third kappa shape index (κ3) is 4.97. The molecule has 1 aromatic heterocycles. The number of alkyl halides is 3. The van der Waals surface area contributed by atoms with Gasteiger partial charge in [-0.3, -0.25) is 34.7 Å². The molecular weight excluding hydrogens is 565 g/mol. The summed E-state index contributed by atoms with van der Waals surface area (Å²) in [4.78, 5) is 57.0. The first-order chi connectivity index (χ1) is 19.3. The zero-order valence-electron chi connectivity index (χ0n) is 21.4. The van der Waals surface area contributed by atoms with Crippen molar-refractivity contribution in [3.05, 3.63) is 91.4 Å². The van der Waals surface area contributed by atoms with E-state index in [0.717, 1.165) is 33.7 Å². The number of carboxylic acids is 1. The van der Waals surface area contributed by atoms with Crippen molar-refractivity contribution in [3.63, 3.8) is 0 Å². The van der Waals surface area contributed by atoms with Gasteiger partial charge in [0.15, 0.2) is 0 Å². The predicted molar refractivity (Wildman–Crippen MR) is 139 cm³/mol. The van der Waals surface area contributed by atoms with E-state index in [0.29, 0.717) is 5.56 Å². The number of aromatic nitrogens is 1. The number of rotatable bonds is 8. The lowest BCUT2D eigenvalue weighted by Crippen LogP contribution is -2.57. The molecular formula is C27H23F3N4O6S. The predicted octanol–water partition coefficient (Wildman–Crippen LogP) is 3.93. The summed E-state index contributed by atoms with van der Waals surface area (Å²) < 4.78 is 40.7. The first kappa shape index (κ1) is 28.4. The smallest absolute Gasteiger partial charge is 0.416 e. The summed E-state index contributed by atoms with van der Waals surface area (Å²) in [5, 5.41) is 24.5. The molecule has 3 aromatic rings. The first-order valence-electron chi connectivity index (χ1n) is 12.5. The van der Waals surface area contributed by atoms with E-state index in [1.165, 1.54) is 41.7 Å². The van der Waals surface area contributed by atoms with Gasteiger partial charge in [0.25, 0.3) is 5.69 Å². The second-order valence-corrected chi connectivity index (χ2v) is 11.0. The number of carbonyl (C=O) groups is 3. The van der Waals surface area contributed by atoms with Crippen LogP contribution in [0.1, 0.15) is 33.3 Å². The van der Waals surface area contributed by atoms with Crippen LogP contribution >= 0.6 is 11.3 Å². The number of aryl methyl sites for hydroxylation is 1. The summed E-state index contributed by atoms with van der Waals surface area (Å²) in [5.74, 6) is -5.62. The number of carboxylic acid groups (broad SMARTS) is 1. The van der Waals surface area contributed by atoms with E-state index in [9.17, 15) is 42.8 Å². The number of aliphatic carboxylic acids is 1. The van der Waals surface area contributed by atoms with Gasteiger partial charge in [-0.05, 0) is 30.2 Å². The minimum atomic E-state index is -4.69.